The quantitative estimate of drug-likeness (QED) is 0.240. The van der Waals surface area contributed by atoms with Crippen LogP contribution in [0.15, 0.2) is 0 Å². The van der Waals surface area contributed by atoms with Gasteiger partial charge in [0.1, 0.15) is 6.61 Å². The first-order chi connectivity index (χ1) is 13.8. The summed E-state index contributed by atoms with van der Waals surface area (Å²) in [7, 11) is -4.14. The van der Waals surface area contributed by atoms with E-state index in [9.17, 15) is 18.9 Å². The first-order valence-corrected chi connectivity index (χ1v) is 10.8. The molecule has 11 nitrogen and oxygen atoms in total. The number of esters is 2. The summed E-state index contributed by atoms with van der Waals surface area (Å²) in [6.07, 6.45) is -1.20. The van der Waals surface area contributed by atoms with Gasteiger partial charge in [-0.1, -0.05) is 13.8 Å². The lowest BCUT2D eigenvalue weighted by Crippen LogP contribution is -2.50. The third-order valence-corrected chi connectivity index (χ3v) is 5.23. The summed E-state index contributed by atoms with van der Waals surface area (Å²) in [6, 6.07) is 1.84. The number of ether oxygens (including phenoxy) is 2. The van der Waals surface area contributed by atoms with E-state index in [1.165, 1.54) is 0 Å². The summed E-state index contributed by atoms with van der Waals surface area (Å²) in [5.41, 5.74) is -1.61. The van der Waals surface area contributed by atoms with Gasteiger partial charge in [0.2, 0.25) is 12.7 Å². The molecule has 1 fully saturated rings. The number of rotatable bonds is 9. The van der Waals surface area contributed by atoms with Gasteiger partial charge in [0, 0.05) is 13.4 Å². The first-order valence-electron chi connectivity index (χ1n) is 9.36. The third-order valence-electron chi connectivity index (χ3n) is 3.90. The Hall–Kier alpha value is -1.99. The van der Waals surface area contributed by atoms with Crippen molar-refractivity contribution in [3.05, 3.63) is 0 Å². The highest BCUT2D eigenvalue weighted by Crippen LogP contribution is 2.57. The molecule has 1 saturated heterocycles. The Balaban J connectivity index is 0.00000900. The number of carbonyl (C=O) groups is 3. The van der Waals surface area contributed by atoms with Gasteiger partial charge in [-0.3, -0.25) is 23.4 Å². The highest BCUT2D eigenvalue weighted by molar-refractivity contribution is 7.48. The Labute approximate surface area is 177 Å². The zero-order valence-corrected chi connectivity index (χ0v) is 18.8. The standard InChI is InChI=1S/C18H29N2O9P.H2/c1-17(2,3)16(23)26-12-28-30(24)27-11-18(4,5)14(29-30)15(22)20-9-7-13(21)25-10-6-8-19;/h14H,6-7,9-12H2,1-5H3,(H,20,22);1H/t14-,30?;/m0./s1. The molecule has 0 aliphatic carbocycles. The molecule has 30 heavy (non-hydrogen) atoms. The van der Waals surface area contributed by atoms with Crippen molar-refractivity contribution in [1.29, 1.82) is 5.26 Å². The minimum absolute atomic E-state index is 0. The summed E-state index contributed by atoms with van der Waals surface area (Å²) in [4.78, 5) is 35.8. The fraction of sp³-hybridized carbons (Fsp3) is 0.778. The lowest BCUT2D eigenvalue weighted by Gasteiger charge is -2.39. The van der Waals surface area contributed by atoms with Crippen molar-refractivity contribution in [2.24, 2.45) is 10.8 Å². The van der Waals surface area contributed by atoms with Gasteiger partial charge >= 0.3 is 19.8 Å². The molecule has 1 unspecified atom stereocenters. The highest BCUT2D eigenvalue weighted by Gasteiger charge is 2.49. The molecule has 0 saturated carbocycles. The van der Waals surface area contributed by atoms with Crippen molar-refractivity contribution in [1.82, 2.24) is 5.32 Å². The number of hydrogen-bond acceptors (Lipinski definition) is 10. The zero-order valence-electron chi connectivity index (χ0n) is 17.9. The van der Waals surface area contributed by atoms with Gasteiger partial charge in [-0.2, -0.15) is 5.26 Å². The number of amides is 1. The summed E-state index contributed by atoms with van der Waals surface area (Å²) in [5.74, 6) is -1.74. The number of nitrogens with one attached hydrogen (secondary N) is 1. The second-order valence-corrected chi connectivity index (χ2v) is 9.91. The van der Waals surface area contributed by atoms with E-state index in [4.69, 9.17) is 28.3 Å². The van der Waals surface area contributed by atoms with Crippen LogP contribution < -0.4 is 5.32 Å². The Bertz CT molecular complexity index is 731. The Morgan fingerprint density at radius 3 is 2.57 bits per heavy atom. The number of phosphoric ester groups is 1. The Morgan fingerprint density at radius 1 is 1.30 bits per heavy atom. The van der Waals surface area contributed by atoms with E-state index >= 15 is 0 Å². The lowest BCUT2D eigenvalue weighted by atomic mass is 9.87. The van der Waals surface area contributed by atoms with Crippen LogP contribution in [-0.4, -0.2) is 50.5 Å². The van der Waals surface area contributed by atoms with Crippen LogP contribution in [0, 0.1) is 22.2 Å². The number of carbonyl (C=O) groups excluding carboxylic acids is 3. The van der Waals surface area contributed by atoms with Crippen LogP contribution in [-0.2, 0) is 42.0 Å². The van der Waals surface area contributed by atoms with Gasteiger partial charge in [-0.05, 0) is 20.8 Å². The van der Waals surface area contributed by atoms with Gasteiger partial charge in [-0.15, -0.1) is 0 Å². The summed E-state index contributed by atoms with van der Waals surface area (Å²) in [5, 5.41) is 10.9. The smallest absolute Gasteiger partial charge is 0.465 e. The fourth-order valence-electron chi connectivity index (χ4n) is 2.12. The van der Waals surface area contributed by atoms with Crippen LogP contribution in [0.1, 0.15) is 48.9 Å². The molecule has 0 spiro atoms. The van der Waals surface area contributed by atoms with Crippen LogP contribution >= 0.6 is 7.82 Å². The number of phosphoric acid groups is 1. The van der Waals surface area contributed by atoms with E-state index in [0.717, 1.165) is 0 Å². The maximum absolute atomic E-state index is 12.7. The molecule has 0 radical (unpaired) electrons. The average Bonchev–Trinajstić information content (AvgIpc) is 2.63. The summed E-state index contributed by atoms with van der Waals surface area (Å²) in [6.45, 7) is 7.48. The Kier molecular flexibility index (Phi) is 9.43. The molecular formula is C18H31N2O9P. The number of hydrogen-bond donors (Lipinski definition) is 1. The molecule has 1 N–H and O–H groups in total. The molecule has 12 heteroatoms. The van der Waals surface area contributed by atoms with E-state index in [1.54, 1.807) is 34.6 Å². The van der Waals surface area contributed by atoms with Crippen molar-refractivity contribution >= 4 is 25.7 Å². The van der Waals surface area contributed by atoms with E-state index < -0.39 is 49.4 Å². The first kappa shape index (κ1) is 26.0. The average molecular weight is 450 g/mol. The van der Waals surface area contributed by atoms with Crippen LogP contribution in [0.4, 0.5) is 0 Å². The lowest BCUT2D eigenvalue weighted by molar-refractivity contribution is -0.163. The molecule has 1 aliphatic rings. The van der Waals surface area contributed by atoms with Gasteiger partial charge < -0.3 is 14.8 Å². The fourth-order valence-corrected chi connectivity index (χ4v) is 3.63. The molecule has 1 heterocycles. The predicted molar refractivity (Wildman–Crippen MR) is 105 cm³/mol. The van der Waals surface area contributed by atoms with E-state index in [1.807, 2.05) is 6.07 Å². The summed E-state index contributed by atoms with van der Waals surface area (Å²) < 4.78 is 37.8. The highest BCUT2D eigenvalue weighted by atomic mass is 31.2. The van der Waals surface area contributed by atoms with Crippen LogP contribution in [0.25, 0.3) is 0 Å². The Morgan fingerprint density at radius 2 is 1.97 bits per heavy atom. The van der Waals surface area contributed by atoms with Crippen molar-refractivity contribution < 1.29 is 43.4 Å². The van der Waals surface area contributed by atoms with Crippen LogP contribution in [0.5, 0.6) is 0 Å². The molecule has 0 bridgehead atoms. The van der Waals surface area contributed by atoms with Crippen LogP contribution in [0.2, 0.25) is 0 Å². The SMILES string of the molecule is CC(C)(C)C(=O)OCOP1(=O)OCC(C)(C)[C@H](C(=O)NCCC(=O)OCCC#N)O1.[HH]. The van der Waals surface area contributed by atoms with Crippen molar-refractivity contribution in [3.8, 4) is 6.07 Å². The van der Waals surface area contributed by atoms with Crippen LogP contribution in [0.3, 0.4) is 0 Å². The number of nitrogens with zero attached hydrogens (tertiary/aromatic N) is 1. The largest absolute Gasteiger partial charge is 0.478 e. The molecule has 0 aromatic rings. The minimum Gasteiger partial charge on any atom is -0.465 e. The molecule has 0 aromatic heterocycles. The van der Waals surface area contributed by atoms with E-state index in [-0.39, 0.29) is 34.0 Å². The third kappa shape index (κ3) is 8.40. The monoisotopic (exact) mass is 450 g/mol. The molecule has 1 rings (SSSR count). The topological polar surface area (TPSA) is 150 Å². The molecule has 172 valence electrons. The van der Waals surface area contributed by atoms with Crippen molar-refractivity contribution in [2.45, 2.75) is 53.6 Å². The predicted octanol–water partition coefficient (Wildman–Crippen LogP) is 2.31. The van der Waals surface area contributed by atoms with Crippen molar-refractivity contribution in [2.75, 3.05) is 26.6 Å². The second-order valence-electron chi connectivity index (χ2n) is 8.29. The van der Waals surface area contributed by atoms with Crippen molar-refractivity contribution in [3.63, 3.8) is 0 Å². The molecule has 2 atom stereocenters. The number of nitriles is 1. The van der Waals surface area contributed by atoms with Gasteiger partial charge in [0.25, 0.3) is 0 Å². The zero-order chi connectivity index (χ0) is 23.0. The van der Waals surface area contributed by atoms with Gasteiger partial charge in [0.15, 0.2) is 6.10 Å². The van der Waals surface area contributed by atoms with Gasteiger partial charge in [0.05, 0.1) is 30.9 Å². The summed E-state index contributed by atoms with van der Waals surface area (Å²) >= 11 is 0. The molecule has 1 amide bonds. The molecule has 0 aromatic carbocycles. The normalized spacial score (nSPS) is 23.1. The maximum Gasteiger partial charge on any atom is 0.478 e. The van der Waals surface area contributed by atoms with Gasteiger partial charge in [-0.25, -0.2) is 9.09 Å². The minimum atomic E-state index is -4.14. The second kappa shape index (κ2) is 10.9. The van der Waals surface area contributed by atoms with E-state index in [2.05, 4.69) is 5.32 Å². The molecule has 1 aliphatic heterocycles. The van der Waals surface area contributed by atoms with E-state index in [0.29, 0.717) is 0 Å². The molecular weight excluding hydrogens is 419 g/mol. The maximum atomic E-state index is 12.7.